The largest absolute Gasteiger partial charge is 0.385 e. The smallest absolute Gasteiger partial charge is 0.104 e. The zero-order chi connectivity index (χ0) is 9.68. The lowest BCUT2D eigenvalue weighted by atomic mass is 10.0. The van der Waals surface area contributed by atoms with Crippen LogP contribution in [0.15, 0.2) is 18.9 Å². The molecule has 0 fully saturated rings. The maximum absolute atomic E-state index is 5.80. The number of aromatic amines is 1. The van der Waals surface area contributed by atoms with Gasteiger partial charge in [0.15, 0.2) is 0 Å². The molecule has 0 saturated heterocycles. The molecule has 0 atom stereocenters. The van der Waals surface area contributed by atoms with Gasteiger partial charge in [0.05, 0.1) is 0 Å². The number of hydrogen-bond donors (Lipinski definition) is 2. The summed E-state index contributed by atoms with van der Waals surface area (Å²) in [6, 6.07) is 0. The van der Waals surface area contributed by atoms with Crippen molar-refractivity contribution in [3.63, 3.8) is 0 Å². The van der Waals surface area contributed by atoms with E-state index in [1.54, 1.807) is 0 Å². The van der Waals surface area contributed by atoms with E-state index in [2.05, 4.69) is 18.5 Å². The molecule has 0 bridgehead atoms. The minimum Gasteiger partial charge on any atom is -0.385 e. The molecule has 1 heterocycles. The molecule has 0 aliphatic carbocycles. The van der Waals surface area contributed by atoms with E-state index in [0.717, 1.165) is 18.7 Å². The molecule has 2 heteroatoms. The molecular weight excluding hydrogens is 172 g/mol. The highest BCUT2D eigenvalue weighted by Crippen LogP contribution is 2.19. The average Bonchev–Trinajstić information content (AvgIpc) is 2.46. The van der Waals surface area contributed by atoms with E-state index in [1.807, 2.05) is 12.3 Å². The first-order chi connectivity index (χ1) is 6.29. The molecule has 0 aliphatic heterocycles. The highest BCUT2D eigenvalue weighted by Gasteiger charge is 2.06. The second kappa shape index (κ2) is 6.30. The molecule has 1 rings (SSSR count). The molecule has 3 N–H and O–H groups in total. The van der Waals surface area contributed by atoms with E-state index >= 15 is 0 Å². The Hall–Kier alpha value is -1.18. The molecular formula is C12H22N2. The van der Waals surface area contributed by atoms with Crippen LogP contribution in [0.3, 0.4) is 0 Å². The summed E-state index contributed by atoms with van der Waals surface area (Å²) in [5.41, 5.74) is 8.37. The number of unbranched alkanes of at least 4 members (excludes halogenated alkanes) is 1. The number of anilines is 1. The van der Waals surface area contributed by atoms with Gasteiger partial charge in [-0.3, -0.25) is 0 Å². The predicted molar refractivity (Wildman–Crippen MR) is 64.4 cm³/mol. The third kappa shape index (κ3) is 2.95. The van der Waals surface area contributed by atoms with Gasteiger partial charge in [0.2, 0.25) is 0 Å². The van der Waals surface area contributed by atoms with Gasteiger partial charge in [-0.25, -0.2) is 0 Å². The van der Waals surface area contributed by atoms with Crippen LogP contribution in [0.25, 0.3) is 0 Å². The Labute approximate surface area is 87.2 Å². The number of allylic oxidation sites excluding steroid dienone is 1. The van der Waals surface area contributed by atoms with Gasteiger partial charge in [-0.15, -0.1) is 6.58 Å². The van der Waals surface area contributed by atoms with Crippen LogP contribution < -0.4 is 5.73 Å². The van der Waals surface area contributed by atoms with Crippen LogP contribution in [-0.4, -0.2) is 4.98 Å². The molecule has 2 nitrogen and oxygen atoms in total. The number of H-pyrrole nitrogens is 1. The SMILES string of the molecule is C.C=CCc1c(CCCC)c[nH]c1N. The van der Waals surface area contributed by atoms with Crippen LogP contribution in [0, 0.1) is 0 Å². The van der Waals surface area contributed by atoms with Gasteiger partial charge < -0.3 is 10.7 Å². The van der Waals surface area contributed by atoms with Crippen molar-refractivity contribution in [2.45, 2.75) is 40.0 Å². The van der Waals surface area contributed by atoms with Crippen molar-refractivity contribution in [3.8, 4) is 0 Å². The predicted octanol–water partition coefficient (Wildman–Crippen LogP) is 3.30. The Morgan fingerprint density at radius 2 is 2.29 bits per heavy atom. The zero-order valence-electron chi connectivity index (χ0n) is 8.27. The van der Waals surface area contributed by atoms with Crippen molar-refractivity contribution in [2.75, 3.05) is 5.73 Å². The standard InChI is InChI=1S/C11H18N2.CH4/c1-3-5-7-9-8-13-11(12)10(9)6-4-2;/h4,8,13H,2-3,5-7,12H2,1H3;1H4. The van der Waals surface area contributed by atoms with Crippen molar-refractivity contribution in [1.82, 2.24) is 4.98 Å². The molecule has 14 heavy (non-hydrogen) atoms. The van der Waals surface area contributed by atoms with Gasteiger partial charge in [-0.1, -0.05) is 26.8 Å². The summed E-state index contributed by atoms with van der Waals surface area (Å²) in [6.07, 6.45) is 8.35. The summed E-state index contributed by atoms with van der Waals surface area (Å²) in [5.74, 6) is 0.797. The van der Waals surface area contributed by atoms with E-state index in [9.17, 15) is 0 Å². The van der Waals surface area contributed by atoms with Crippen LogP contribution in [0.1, 0.15) is 38.3 Å². The summed E-state index contributed by atoms with van der Waals surface area (Å²) in [4.78, 5) is 3.06. The number of nitrogens with two attached hydrogens (primary N) is 1. The second-order valence-electron chi connectivity index (χ2n) is 3.30. The first-order valence-electron chi connectivity index (χ1n) is 4.85. The minimum atomic E-state index is 0. The number of aromatic nitrogens is 1. The van der Waals surface area contributed by atoms with Gasteiger partial charge in [-0.2, -0.15) is 0 Å². The Morgan fingerprint density at radius 3 is 2.86 bits per heavy atom. The number of hydrogen-bond acceptors (Lipinski definition) is 1. The van der Waals surface area contributed by atoms with Gasteiger partial charge >= 0.3 is 0 Å². The van der Waals surface area contributed by atoms with Crippen molar-refractivity contribution in [2.24, 2.45) is 0 Å². The number of nitrogen functional groups attached to an aromatic ring is 1. The Kier molecular flexibility index (Phi) is 5.77. The van der Waals surface area contributed by atoms with E-state index in [1.165, 1.54) is 24.0 Å². The van der Waals surface area contributed by atoms with Crippen LogP contribution in [-0.2, 0) is 12.8 Å². The van der Waals surface area contributed by atoms with Gasteiger partial charge in [0.1, 0.15) is 5.82 Å². The van der Waals surface area contributed by atoms with Crippen molar-refractivity contribution in [1.29, 1.82) is 0 Å². The first kappa shape index (κ1) is 12.8. The molecule has 0 spiro atoms. The second-order valence-corrected chi connectivity index (χ2v) is 3.30. The van der Waals surface area contributed by atoms with E-state index in [-0.39, 0.29) is 7.43 Å². The number of nitrogens with one attached hydrogen (secondary N) is 1. The minimum absolute atomic E-state index is 0. The quantitative estimate of drug-likeness (QED) is 0.694. The summed E-state index contributed by atoms with van der Waals surface area (Å²) < 4.78 is 0. The summed E-state index contributed by atoms with van der Waals surface area (Å²) in [7, 11) is 0. The zero-order valence-corrected chi connectivity index (χ0v) is 8.27. The molecule has 0 aromatic carbocycles. The van der Waals surface area contributed by atoms with E-state index in [0.29, 0.717) is 0 Å². The maximum Gasteiger partial charge on any atom is 0.104 e. The van der Waals surface area contributed by atoms with Gasteiger partial charge in [0, 0.05) is 11.8 Å². The average molecular weight is 194 g/mol. The van der Waals surface area contributed by atoms with Crippen LogP contribution >= 0.6 is 0 Å². The normalized spacial score (nSPS) is 9.50. The molecule has 0 amide bonds. The maximum atomic E-state index is 5.80. The topological polar surface area (TPSA) is 41.8 Å². The summed E-state index contributed by atoms with van der Waals surface area (Å²) in [5, 5.41) is 0. The Balaban J connectivity index is 0.00000169. The van der Waals surface area contributed by atoms with Crippen molar-refractivity contribution >= 4 is 5.82 Å². The van der Waals surface area contributed by atoms with Gasteiger partial charge in [-0.05, 0) is 24.8 Å². The summed E-state index contributed by atoms with van der Waals surface area (Å²) >= 11 is 0. The molecule has 0 radical (unpaired) electrons. The highest BCUT2D eigenvalue weighted by atomic mass is 14.8. The lowest BCUT2D eigenvalue weighted by Gasteiger charge is -2.00. The van der Waals surface area contributed by atoms with Crippen LogP contribution in [0.2, 0.25) is 0 Å². The fraction of sp³-hybridized carbons (Fsp3) is 0.500. The molecule has 0 saturated carbocycles. The third-order valence-electron chi connectivity index (χ3n) is 2.26. The number of aryl methyl sites for hydroxylation is 1. The Morgan fingerprint density at radius 1 is 1.57 bits per heavy atom. The van der Waals surface area contributed by atoms with E-state index < -0.39 is 0 Å². The summed E-state index contributed by atoms with van der Waals surface area (Å²) in [6.45, 7) is 5.93. The lowest BCUT2D eigenvalue weighted by molar-refractivity contribution is 0.791. The third-order valence-corrected chi connectivity index (χ3v) is 2.26. The number of rotatable bonds is 5. The Bertz CT molecular complexity index is 274. The fourth-order valence-electron chi connectivity index (χ4n) is 1.49. The van der Waals surface area contributed by atoms with Crippen LogP contribution in [0.4, 0.5) is 5.82 Å². The molecule has 0 unspecified atom stereocenters. The van der Waals surface area contributed by atoms with Crippen molar-refractivity contribution < 1.29 is 0 Å². The first-order valence-corrected chi connectivity index (χ1v) is 4.85. The lowest BCUT2D eigenvalue weighted by Crippen LogP contribution is -1.93. The molecule has 80 valence electrons. The molecule has 1 aromatic heterocycles. The van der Waals surface area contributed by atoms with Crippen LogP contribution in [0.5, 0.6) is 0 Å². The fourth-order valence-corrected chi connectivity index (χ4v) is 1.49. The highest BCUT2D eigenvalue weighted by molar-refractivity contribution is 5.46. The molecule has 1 aromatic rings. The van der Waals surface area contributed by atoms with Gasteiger partial charge in [0.25, 0.3) is 0 Å². The van der Waals surface area contributed by atoms with Crippen molar-refractivity contribution in [3.05, 3.63) is 30.0 Å². The molecule has 0 aliphatic rings. The van der Waals surface area contributed by atoms with E-state index in [4.69, 9.17) is 5.73 Å². The monoisotopic (exact) mass is 194 g/mol.